The number of carboxylic acid groups (broad SMARTS) is 1. The van der Waals surface area contributed by atoms with Crippen LogP contribution in [-0.4, -0.2) is 39.9 Å². The number of carbonyl (C=O) groups is 2. The highest BCUT2D eigenvalue weighted by Crippen LogP contribution is 2.58. The molecule has 2 saturated carbocycles. The summed E-state index contributed by atoms with van der Waals surface area (Å²) in [5.41, 5.74) is 4.23. The highest BCUT2D eigenvalue weighted by molar-refractivity contribution is 6.36. The van der Waals surface area contributed by atoms with Crippen molar-refractivity contribution in [3.05, 3.63) is 82.5 Å². The lowest BCUT2D eigenvalue weighted by molar-refractivity contribution is -0.155. The van der Waals surface area contributed by atoms with E-state index in [1.54, 1.807) is 30.1 Å². The molecule has 2 fully saturated rings. The van der Waals surface area contributed by atoms with E-state index in [0.29, 0.717) is 39.9 Å². The van der Waals surface area contributed by atoms with Crippen LogP contribution in [0, 0.1) is 22.7 Å². The first kappa shape index (κ1) is 26.9. The third-order valence-electron chi connectivity index (χ3n) is 8.74. The Bertz CT molecular complexity index is 1730. The monoisotopic (exact) mass is 568 g/mol. The smallest absolute Gasteiger partial charge is 0.306 e. The zero-order valence-corrected chi connectivity index (χ0v) is 23.5. The standard InChI is InChI=1S/C32H29ClN4O4/c1-18(25-7-6-20(10-21(25)16-34)19-4-3-5-24(11-19)41-2)37-29-26(8-9-28(33)27(29)17-35-37)30(38)36-23-14-32(15-23)12-22(13-32)31(39)40/h3-11,17-18,22-23H,12-15H2,1-2H3,(H,36,38)(H,39,40)/t18-,22?,23?,32?/m0/s1. The van der Waals surface area contributed by atoms with Crippen LogP contribution < -0.4 is 10.1 Å². The van der Waals surface area contributed by atoms with Gasteiger partial charge < -0.3 is 15.2 Å². The quantitative estimate of drug-likeness (QED) is 0.273. The lowest BCUT2D eigenvalue weighted by atomic mass is 9.50. The molecule has 0 bridgehead atoms. The van der Waals surface area contributed by atoms with Gasteiger partial charge in [-0.1, -0.05) is 35.9 Å². The van der Waals surface area contributed by atoms with Gasteiger partial charge in [0.1, 0.15) is 5.75 Å². The van der Waals surface area contributed by atoms with Gasteiger partial charge in [0.05, 0.1) is 53.0 Å². The van der Waals surface area contributed by atoms with Gasteiger partial charge in [0, 0.05) is 11.4 Å². The Balaban J connectivity index is 1.28. The fraction of sp³-hybridized carbons (Fsp3) is 0.312. The third kappa shape index (κ3) is 4.70. The first-order chi connectivity index (χ1) is 19.7. The van der Waals surface area contributed by atoms with Crippen molar-refractivity contribution in [2.75, 3.05) is 7.11 Å². The van der Waals surface area contributed by atoms with Gasteiger partial charge in [-0.3, -0.25) is 14.3 Å². The molecule has 1 heterocycles. The number of aromatic nitrogens is 2. The van der Waals surface area contributed by atoms with Gasteiger partial charge >= 0.3 is 5.97 Å². The van der Waals surface area contributed by atoms with Gasteiger partial charge in [-0.2, -0.15) is 10.4 Å². The number of methoxy groups -OCH3 is 1. The number of nitriles is 1. The summed E-state index contributed by atoms with van der Waals surface area (Å²) < 4.78 is 7.10. The predicted octanol–water partition coefficient (Wildman–Crippen LogP) is 6.22. The van der Waals surface area contributed by atoms with E-state index < -0.39 is 5.97 Å². The molecule has 6 rings (SSSR count). The molecule has 1 atom stereocenters. The normalized spacial score (nSPS) is 21.9. The van der Waals surface area contributed by atoms with E-state index >= 15 is 0 Å². The number of nitrogens with zero attached hydrogens (tertiary/aromatic N) is 3. The Morgan fingerprint density at radius 3 is 2.61 bits per heavy atom. The number of rotatable bonds is 7. The Labute approximate surface area is 242 Å². The number of hydrogen-bond donors (Lipinski definition) is 2. The number of ether oxygens (including phenoxy) is 1. The summed E-state index contributed by atoms with van der Waals surface area (Å²) in [6, 6.07) is 18.8. The number of carbonyl (C=O) groups excluding carboxylic acids is 1. The van der Waals surface area contributed by atoms with Crippen LogP contribution in [0.15, 0.2) is 60.8 Å². The van der Waals surface area contributed by atoms with Crippen molar-refractivity contribution in [1.29, 1.82) is 5.26 Å². The Morgan fingerprint density at radius 1 is 1.15 bits per heavy atom. The van der Waals surface area contributed by atoms with E-state index in [1.807, 2.05) is 49.4 Å². The number of fused-ring (bicyclic) bond motifs is 1. The second kappa shape index (κ2) is 10.2. The van der Waals surface area contributed by atoms with E-state index in [1.165, 1.54) is 0 Å². The van der Waals surface area contributed by atoms with Gasteiger partial charge in [0.25, 0.3) is 5.91 Å². The number of halogens is 1. The molecule has 3 aromatic carbocycles. The first-order valence-electron chi connectivity index (χ1n) is 13.6. The van der Waals surface area contributed by atoms with E-state index in [4.69, 9.17) is 16.3 Å². The average Bonchev–Trinajstić information content (AvgIpc) is 3.39. The number of hydrogen-bond acceptors (Lipinski definition) is 5. The highest BCUT2D eigenvalue weighted by atomic mass is 35.5. The zero-order chi connectivity index (χ0) is 28.9. The summed E-state index contributed by atoms with van der Waals surface area (Å²) in [5, 5.41) is 28.2. The first-order valence-corrected chi connectivity index (χ1v) is 14.0. The minimum absolute atomic E-state index is 0.00566. The summed E-state index contributed by atoms with van der Waals surface area (Å²) in [5.74, 6) is -0.480. The highest BCUT2D eigenvalue weighted by Gasteiger charge is 2.55. The van der Waals surface area contributed by atoms with Crippen molar-refractivity contribution < 1.29 is 19.4 Å². The van der Waals surface area contributed by atoms with Gasteiger partial charge in [-0.25, -0.2) is 0 Å². The second-order valence-electron chi connectivity index (χ2n) is 11.3. The van der Waals surface area contributed by atoms with E-state index in [9.17, 15) is 20.0 Å². The van der Waals surface area contributed by atoms with Crippen LogP contribution in [0.3, 0.4) is 0 Å². The van der Waals surface area contributed by atoms with Crippen LogP contribution in [0.4, 0.5) is 0 Å². The molecule has 9 heteroatoms. The molecule has 2 aliphatic rings. The van der Waals surface area contributed by atoms with E-state index in [0.717, 1.165) is 35.3 Å². The third-order valence-corrected chi connectivity index (χ3v) is 9.07. The molecule has 8 nitrogen and oxygen atoms in total. The SMILES string of the molecule is COc1cccc(-c2ccc([C@H](C)n3ncc4c(Cl)ccc(C(=O)NC5CC6(C5)CC(C(=O)O)C6)c43)c(C#N)c2)c1. The van der Waals surface area contributed by atoms with Crippen molar-refractivity contribution in [2.24, 2.45) is 11.3 Å². The topological polar surface area (TPSA) is 117 Å². The lowest BCUT2D eigenvalue weighted by Crippen LogP contribution is -2.57. The summed E-state index contributed by atoms with van der Waals surface area (Å²) in [7, 11) is 1.62. The molecule has 0 unspecified atom stereocenters. The van der Waals surface area contributed by atoms with Crippen molar-refractivity contribution >= 4 is 34.4 Å². The second-order valence-corrected chi connectivity index (χ2v) is 11.7. The summed E-state index contributed by atoms with van der Waals surface area (Å²) in [6.07, 6.45) is 4.60. The minimum atomic E-state index is -0.733. The number of carboxylic acids is 1. The van der Waals surface area contributed by atoms with E-state index in [2.05, 4.69) is 16.5 Å². The maximum absolute atomic E-state index is 13.5. The molecule has 4 aromatic rings. The summed E-state index contributed by atoms with van der Waals surface area (Å²) in [6.45, 7) is 1.95. The van der Waals surface area contributed by atoms with Gasteiger partial charge in [-0.05, 0) is 85.0 Å². The largest absolute Gasteiger partial charge is 0.497 e. The molecule has 1 amide bonds. The zero-order valence-electron chi connectivity index (χ0n) is 22.7. The summed E-state index contributed by atoms with van der Waals surface area (Å²) >= 11 is 6.52. The van der Waals surface area contributed by atoms with Crippen LogP contribution in [0.5, 0.6) is 5.75 Å². The Hall–Kier alpha value is -4.35. The van der Waals surface area contributed by atoms with Crippen molar-refractivity contribution in [2.45, 2.75) is 44.7 Å². The Kier molecular flexibility index (Phi) is 6.71. The molecule has 208 valence electrons. The molecule has 2 aliphatic carbocycles. The van der Waals surface area contributed by atoms with Crippen LogP contribution in [0.2, 0.25) is 5.02 Å². The van der Waals surface area contributed by atoms with Crippen LogP contribution >= 0.6 is 11.6 Å². The molecule has 41 heavy (non-hydrogen) atoms. The summed E-state index contributed by atoms with van der Waals surface area (Å²) in [4.78, 5) is 24.7. The van der Waals surface area contributed by atoms with Gasteiger partial charge in [0.2, 0.25) is 0 Å². The average molecular weight is 569 g/mol. The van der Waals surface area contributed by atoms with Crippen LogP contribution in [-0.2, 0) is 4.79 Å². The van der Waals surface area contributed by atoms with Gasteiger partial charge in [-0.15, -0.1) is 0 Å². The molecule has 0 radical (unpaired) electrons. The van der Waals surface area contributed by atoms with Crippen molar-refractivity contribution in [1.82, 2.24) is 15.1 Å². The molecular formula is C32H29ClN4O4. The fourth-order valence-corrected chi connectivity index (χ4v) is 6.78. The van der Waals surface area contributed by atoms with Crippen molar-refractivity contribution in [3.63, 3.8) is 0 Å². The fourth-order valence-electron chi connectivity index (χ4n) is 6.58. The van der Waals surface area contributed by atoms with Gasteiger partial charge in [0.15, 0.2) is 0 Å². The molecular weight excluding hydrogens is 540 g/mol. The minimum Gasteiger partial charge on any atom is -0.497 e. The van der Waals surface area contributed by atoms with Crippen LogP contribution in [0.25, 0.3) is 22.0 Å². The van der Waals surface area contributed by atoms with Crippen LogP contribution in [0.1, 0.15) is 60.1 Å². The maximum Gasteiger partial charge on any atom is 0.306 e. The molecule has 0 saturated heterocycles. The number of nitrogens with one attached hydrogen (secondary N) is 1. The molecule has 1 aromatic heterocycles. The van der Waals surface area contributed by atoms with E-state index in [-0.39, 0.29) is 29.3 Å². The predicted molar refractivity (Wildman–Crippen MR) is 155 cm³/mol. The molecule has 0 aliphatic heterocycles. The number of amides is 1. The maximum atomic E-state index is 13.5. The molecule has 1 spiro atoms. The lowest BCUT2D eigenvalue weighted by Gasteiger charge is -2.56. The Morgan fingerprint density at radius 2 is 1.90 bits per heavy atom. The van der Waals surface area contributed by atoms with Crippen molar-refractivity contribution in [3.8, 4) is 22.9 Å². The molecule has 2 N–H and O–H groups in total. The number of aliphatic carboxylic acids is 1. The number of benzene rings is 3.